The monoisotopic (exact) mass is 234 g/mol. The quantitative estimate of drug-likeness (QED) is 0.741. The maximum Gasteiger partial charge on any atom is 0.184 e. The third kappa shape index (κ3) is 1.57. The molecule has 0 amide bonds. The number of nitrogens with zero attached hydrogens (tertiary/aromatic N) is 3. The van der Waals surface area contributed by atoms with Crippen molar-refractivity contribution < 1.29 is 0 Å². The van der Waals surface area contributed by atoms with Crippen molar-refractivity contribution in [2.45, 2.75) is 0 Å². The van der Waals surface area contributed by atoms with Crippen molar-refractivity contribution in [1.29, 1.82) is 0 Å². The van der Waals surface area contributed by atoms with Gasteiger partial charge in [0.25, 0.3) is 0 Å². The van der Waals surface area contributed by atoms with Gasteiger partial charge in [0.2, 0.25) is 0 Å². The fourth-order valence-electron chi connectivity index (χ4n) is 1.23. The van der Waals surface area contributed by atoms with E-state index in [0.29, 0.717) is 0 Å². The number of aromatic nitrogens is 4. The van der Waals surface area contributed by atoms with Gasteiger partial charge in [-0.3, -0.25) is 5.10 Å². The average molecular weight is 234 g/mol. The van der Waals surface area contributed by atoms with E-state index in [1.807, 2.05) is 16.8 Å². The lowest BCUT2D eigenvalue weighted by atomic mass is 10.4. The highest BCUT2D eigenvalue weighted by molar-refractivity contribution is 7.15. The van der Waals surface area contributed by atoms with Gasteiger partial charge < -0.3 is 0 Å². The van der Waals surface area contributed by atoms with Crippen molar-refractivity contribution in [1.82, 2.24) is 20.2 Å². The zero-order valence-corrected chi connectivity index (χ0v) is 9.18. The summed E-state index contributed by atoms with van der Waals surface area (Å²) in [6.07, 6.45) is 1.49. The standard InChI is InChI=1S/C9H6N4S2/c1-2-7(14-3-1)6-4-15-9(12-6)8-10-5-11-13-8/h1-5H,(H,10,11,13). The minimum atomic E-state index is 0.725. The first-order valence-corrected chi connectivity index (χ1v) is 6.04. The predicted octanol–water partition coefficient (Wildman–Crippen LogP) is 2.66. The Labute approximate surface area is 93.7 Å². The molecule has 0 saturated heterocycles. The van der Waals surface area contributed by atoms with Crippen LogP contribution < -0.4 is 0 Å². The first-order chi connectivity index (χ1) is 7.43. The topological polar surface area (TPSA) is 54.5 Å². The zero-order chi connectivity index (χ0) is 10.1. The van der Waals surface area contributed by atoms with Gasteiger partial charge in [0.1, 0.15) is 6.33 Å². The van der Waals surface area contributed by atoms with Gasteiger partial charge in [0.15, 0.2) is 10.8 Å². The van der Waals surface area contributed by atoms with Crippen molar-refractivity contribution in [3.8, 4) is 21.4 Å². The Kier molecular flexibility index (Phi) is 2.08. The molecule has 0 spiro atoms. The second kappa shape index (κ2) is 3.56. The lowest BCUT2D eigenvalue weighted by Crippen LogP contribution is -1.79. The summed E-state index contributed by atoms with van der Waals surface area (Å²) in [7, 11) is 0. The fraction of sp³-hybridized carbons (Fsp3) is 0. The molecule has 3 aromatic heterocycles. The molecule has 3 rings (SSSR count). The van der Waals surface area contributed by atoms with E-state index in [9.17, 15) is 0 Å². The van der Waals surface area contributed by atoms with Crippen LogP contribution in [0.4, 0.5) is 0 Å². The van der Waals surface area contributed by atoms with Crippen LogP contribution in [-0.4, -0.2) is 20.2 Å². The summed E-state index contributed by atoms with van der Waals surface area (Å²) in [6, 6.07) is 4.08. The van der Waals surface area contributed by atoms with Crippen LogP contribution in [0.5, 0.6) is 0 Å². The first kappa shape index (κ1) is 8.75. The van der Waals surface area contributed by atoms with E-state index in [1.54, 1.807) is 22.7 Å². The first-order valence-electron chi connectivity index (χ1n) is 4.28. The number of thiophene rings is 1. The van der Waals surface area contributed by atoms with Crippen LogP contribution in [0.2, 0.25) is 0 Å². The van der Waals surface area contributed by atoms with Crippen LogP contribution in [0, 0.1) is 0 Å². The highest BCUT2D eigenvalue weighted by atomic mass is 32.1. The van der Waals surface area contributed by atoms with Gasteiger partial charge >= 0.3 is 0 Å². The van der Waals surface area contributed by atoms with Crippen LogP contribution in [0.1, 0.15) is 0 Å². The second-order valence-electron chi connectivity index (χ2n) is 2.85. The number of rotatable bonds is 2. The molecular weight excluding hydrogens is 228 g/mol. The number of hydrogen-bond donors (Lipinski definition) is 1. The summed E-state index contributed by atoms with van der Waals surface area (Å²) in [5.74, 6) is 0.725. The Morgan fingerprint density at radius 2 is 2.27 bits per heavy atom. The molecule has 6 heteroatoms. The largest absolute Gasteiger partial charge is 0.257 e. The van der Waals surface area contributed by atoms with E-state index < -0.39 is 0 Å². The Bertz CT molecular complexity index is 490. The van der Waals surface area contributed by atoms with E-state index in [-0.39, 0.29) is 0 Å². The molecule has 15 heavy (non-hydrogen) atoms. The summed E-state index contributed by atoms with van der Waals surface area (Å²) in [4.78, 5) is 9.73. The molecule has 0 aliphatic carbocycles. The Balaban J connectivity index is 2.02. The summed E-state index contributed by atoms with van der Waals surface area (Å²) < 4.78 is 0. The van der Waals surface area contributed by atoms with Crippen LogP contribution in [0.25, 0.3) is 21.4 Å². The minimum absolute atomic E-state index is 0.725. The molecule has 0 unspecified atom stereocenters. The van der Waals surface area contributed by atoms with E-state index in [1.165, 1.54) is 11.2 Å². The minimum Gasteiger partial charge on any atom is -0.257 e. The van der Waals surface area contributed by atoms with Crippen molar-refractivity contribution >= 4 is 22.7 Å². The summed E-state index contributed by atoms with van der Waals surface area (Å²) >= 11 is 3.25. The lowest BCUT2D eigenvalue weighted by Gasteiger charge is -1.87. The van der Waals surface area contributed by atoms with Gasteiger partial charge in [-0.05, 0) is 11.4 Å². The summed E-state index contributed by atoms with van der Waals surface area (Å²) in [5.41, 5.74) is 1.00. The molecule has 0 radical (unpaired) electrons. The molecule has 0 fully saturated rings. The van der Waals surface area contributed by atoms with Crippen molar-refractivity contribution in [3.63, 3.8) is 0 Å². The number of thiazole rings is 1. The van der Waals surface area contributed by atoms with Crippen molar-refractivity contribution in [2.24, 2.45) is 0 Å². The van der Waals surface area contributed by atoms with Crippen LogP contribution >= 0.6 is 22.7 Å². The van der Waals surface area contributed by atoms with E-state index >= 15 is 0 Å². The van der Waals surface area contributed by atoms with E-state index in [2.05, 4.69) is 26.2 Å². The Morgan fingerprint density at radius 1 is 1.27 bits per heavy atom. The van der Waals surface area contributed by atoms with E-state index in [0.717, 1.165) is 16.5 Å². The number of H-pyrrole nitrogens is 1. The number of nitrogens with one attached hydrogen (secondary N) is 1. The third-order valence-corrected chi connectivity index (χ3v) is 3.64. The van der Waals surface area contributed by atoms with Gasteiger partial charge in [-0.1, -0.05) is 6.07 Å². The molecule has 3 heterocycles. The second-order valence-corrected chi connectivity index (χ2v) is 4.66. The average Bonchev–Trinajstić information content (AvgIpc) is 3.02. The molecule has 0 aromatic carbocycles. The molecule has 0 saturated carbocycles. The van der Waals surface area contributed by atoms with Crippen molar-refractivity contribution in [2.75, 3.05) is 0 Å². The molecule has 0 aliphatic rings. The van der Waals surface area contributed by atoms with Gasteiger partial charge in [-0.2, -0.15) is 5.10 Å². The van der Waals surface area contributed by atoms with Crippen LogP contribution in [0.3, 0.4) is 0 Å². The van der Waals surface area contributed by atoms with Crippen LogP contribution in [-0.2, 0) is 0 Å². The predicted molar refractivity (Wildman–Crippen MR) is 60.8 cm³/mol. The molecule has 4 nitrogen and oxygen atoms in total. The highest BCUT2D eigenvalue weighted by Crippen LogP contribution is 2.29. The number of aromatic amines is 1. The van der Waals surface area contributed by atoms with Crippen molar-refractivity contribution in [3.05, 3.63) is 29.2 Å². The third-order valence-electron chi connectivity index (χ3n) is 1.90. The van der Waals surface area contributed by atoms with Gasteiger partial charge in [-0.25, -0.2) is 9.97 Å². The fourth-order valence-corrected chi connectivity index (χ4v) is 2.75. The summed E-state index contributed by atoms with van der Waals surface area (Å²) in [6.45, 7) is 0. The molecule has 1 N–H and O–H groups in total. The molecule has 3 aromatic rings. The zero-order valence-electron chi connectivity index (χ0n) is 7.54. The van der Waals surface area contributed by atoms with Crippen LogP contribution in [0.15, 0.2) is 29.2 Å². The molecular formula is C9H6N4S2. The van der Waals surface area contributed by atoms with Gasteiger partial charge in [-0.15, -0.1) is 22.7 Å². The maximum atomic E-state index is 4.49. The smallest absolute Gasteiger partial charge is 0.184 e. The SMILES string of the molecule is c1csc(-c2csc(-c3ncn[nH]3)n2)c1. The maximum absolute atomic E-state index is 4.49. The van der Waals surface area contributed by atoms with Gasteiger partial charge in [0, 0.05) is 5.38 Å². The summed E-state index contributed by atoms with van der Waals surface area (Å²) in [5, 5.41) is 11.6. The highest BCUT2D eigenvalue weighted by Gasteiger charge is 2.08. The normalized spacial score (nSPS) is 10.7. The Hall–Kier alpha value is -1.53. The van der Waals surface area contributed by atoms with Gasteiger partial charge in [0.05, 0.1) is 10.6 Å². The molecule has 0 bridgehead atoms. The molecule has 0 atom stereocenters. The molecule has 74 valence electrons. The Morgan fingerprint density at radius 3 is 3.00 bits per heavy atom. The number of hydrogen-bond acceptors (Lipinski definition) is 5. The molecule has 0 aliphatic heterocycles. The lowest BCUT2D eigenvalue weighted by molar-refractivity contribution is 1.09. The van der Waals surface area contributed by atoms with E-state index in [4.69, 9.17) is 0 Å².